The molecule has 29 heavy (non-hydrogen) atoms. The first kappa shape index (κ1) is 21.6. The molecule has 1 aliphatic carbocycles. The Morgan fingerprint density at radius 3 is 2.34 bits per heavy atom. The maximum absolute atomic E-state index is 12.8. The third-order valence-corrected chi connectivity index (χ3v) is 6.08. The Bertz CT molecular complexity index is 744. The van der Waals surface area contributed by atoms with Gasteiger partial charge < -0.3 is 15.5 Å². The molecule has 158 valence electrons. The molecule has 7 heteroatoms. The lowest BCUT2D eigenvalue weighted by molar-refractivity contribution is -0.141. The molecule has 2 unspecified atom stereocenters. The van der Waals surface area contributed by atoms with Gasteiger partial charge in [0.2, 0.25) is 0 Å². The largest absolute Gasteiger partial charge is 0.395 e. The van der Waals surface area contributed by atoms with Gasteiger partial charge in [0.1, 0.15) is 5.60 Å². The Morgan fingerprint density at radius 2 is 1.72 bits per heavy atom. The van der Waals surface area contributed by atoms with Crippen molar-refractivity contribution in [1.82, 2.24) is 15.1 Å². The van der Waals surface area contributed by atoms with E-state index in [1.165, 1.54) is 6.20 Å². The molecule has 3 rings (SSSR count). The van der Waals surface area contributed by atoms with E-state index in [0.29, 0.717) is 12.1 Å². The molecule has 1 aromatic rings. The van der Waals surface area contributed by atoms with E-state index in [0.717, 1.165) is 39.3 Å². The second kappa shape index (κ2) is 9.63. The van der Waals surface area contributed by atoms with Gasteiger partial charge in [-0.15, -0.1) is 0 Å². The van der Waals surface area contributed by atoms with Crippen LogP contribution >= 0.6 is 0 Å². The van der Waals surface area contributed by atoms with Crippen LogP contribution in [0.1, 0.15) is 18.9 Å². The average Bonchev–Trinajstić information content (AvgIpc) is 2.73. The van der Waals surface area contributed by atoms with Gasteiger partial charge in [0.25, 0.3) is 0 Å². The summed E-state index contributed by atoms with van der Waals surface area (Å²) in [7, 11) is 0. The summed E-state index contributed by atoms with van der Waals surface area (Å²) in [6, 6.07) is 8.94. The number of ketones is 2. The van der Waals surface area contributed by atoms with E-state index in [-0.39, 0.29) is 30.2 Å². The van der Waals surface area contributed by atoms with E-state index in [9.17, 15) is 14.7 Å². The van der Waals surface area contributed by atoms with E-state index in [1.807, 2.05) is 6.07 Å². The number of aliphatic hydroxyl groups is 2. The fourth-order valence-electron chi connectivity index (χ4n) is 4.09. The summed E-state index contributed by atoms with van der Waals surface area (Å²) >= 11 is 0. The minimum absolute atomic E-state index is 0.0930. The number of carbonyl (C=O) groups is 2. The van der Waals surface area contributed by atoms with Crippen molar-refractivity contribution in [2.75, 3.05) is 52.4 Å². The molecule has 7 nitrogen and oxygen atoms in total. The quantitative estimate of drug-likeness (QED) is 0.340. The standard InChI is InChI=1S/C22H31N3O4/c1-17-21(28)19(20(27)15-22(17,29)18-5-3-2-4-6-18)16-23-7-8-24-9-11-25(12-10-24)13-14-26/h2-6,16-17,23,26,29H,7-15H2,1H3. The lowest BCUT2D eigenvalue weighted by atomic mass is 9.69. The van der Waals surface area contributed by atoms with E-state index < -0.39 is 11.5 Å². The van der Waals surface area contributed by atoms with Gasteiger partial charge in [0.05, 0.1) is 18.1 Å². The van der Waals surface area contributed by atoms with E-state index >= 15 is 0 Å². The number of piperazine rings is 1. The van der Waals surface area contributed by atoms with Gasteiger partial charge >= 0.3 is 0 Å². The molecule has 1 aromatic carbocycles. The molecule has 3 N–H and O–H groups in total. The Labute approximate surface area is 172 Å². The minimum Gasteiger partial charge on any atom is -0.395 e. The number of β-amino-alcohol motifs (C(OH)–C–C–N with tert-alkyl or cyclic N) is 1. The van der Waals surface area contributed by atoms with Crippen molar-refractivity contribution in [2.45, 2.75) is 18.9 Å². The summed E-state index contributed by atoms with van der Waals surface area (Å²) in [4.78, 5) is 30.0. The van der Waals surface area contributed by atoms with Crippen LogP contribution in [0.3, 0.4) is 0 Å². The maximum Gasteiger partial charge on any atom is 0.173 e. The summed E-state index contributed by atoms with van der Waals surface area (Å²) in [6.45, 7) is 7.81. The predicted octanol–water partition coefficient (Wildman–Crippen LogP) is 0.136. The SMILES string of the molecule is CC1C(=O)C(=CNCCN2CCN(CCO)CC2)C(=O)CC1(O)c1ccccc1. The summed E-state index contributed by atoms with van der Waals surface area (Å²) in [5.74, 6) is -1.34. The number of hydrogen-bond acceptors (Lipinski definition) is 7. The van der Waals surface area contributed by atoms with Crippen LogP contribution in [0.5, 0.6) is 0 Å². The summed E-state index contributed by atoms with van der Waals surface area (Å²) < 4.78 is 0. The third kappa shape index (κ3) is 4.93. The van der Waals surface area contributed by atoms with Crippen molar-refractivity contribution >= 4 is 11.6 Å². The second-order valence-electron chi connectivity index (χ2n) is 7.90. The molecule has 2 fully saturated rings. The van der Waals surface area contributed by atoms with Crippen LogP contribution in [0.15, 0.2) is 42.1 Å². The summed E-state index contributed by atoms with van der Waals surface area (Å²) in [5.41, 5.74) is -0.714. The number of hydrogen-bond donors (Lipinski definition) is 3. The highest BCUT2D eigenvalue weighted by Gasteiger charge is 2.48. The molecule has 0 amide bonds. The molecule has 1 aliphatic heterocycles. The minimum atomic E-state index is -1.46. The predicted molar refractivity (Wildman–Crippen MR) is 110 cm³/mol. The molecule has 0 radical (unpaired) electrons. The van der Waals surface area contributed by atoms with E-state index in [1.54, 1.807) is 31.2 Å². The van der Waals surface area contributed by atoms with Gasteiger partial charge in [-0.25, -0.2) is 0 Å². The highest BCUT2D eigenvalue weighted by atomic mass is 16.3. The monoisotopic (exact) mass is 401 g/mol. The zero-order valence-corrected chi connectivity index (χ0v) is 17.0. The second-order valence-corrected chi connectivity index (χ2v) is 7.90. The van der Waals surface area contributed by atoms with Crippen molar-refractivity contribution in [2.24, 2.45) is 5.92 Å². The Balaban J connectivity index is 1.53. The molecule has 1 saturated carbocycles. The topological polar surface area (TPSA) is 93.1 Å². The fourth-order valence-corrected chi connectivity index (χ4v) is 4.09. The summed E-state index contributed by atoms with van der Waals surface area (Å²) in [6.07, 6.45) is 1.43. The van der Waals surface area contributed by atoms with Crippen LogP contribution in [-0.4, -0.2) is 84.0 Å². The number of rotatable bonds is 7. The van der Waals surface area contributed by atoms with Crippen molar-refractivity contribution < 1.29 is 19.8 Å². The zero-order chi connectivity index (χ0) is 20.9. The van der Waals surface area contributed by atoms with Gasteiger partial charge in [-0.1, -0.05) is 37.3 Å². The molecule has 0 spiro atoms. The van der Waals surface area contributed by atoms with Crippen LogP contribution in [0.25, 0.3) is 0 Å². The summed E-state index contributed by atoms with van der Waals surface area (Å²) in [5, 5.41) is 23.2. The number of benzene rings is 1. The normalized spacial score (nSPS) is 28.1. The van der Waals surface area contributed by atoms with Crippen LogP contribution in [0.4, 0.5) is 0 Å². The molecule has 1 saturated heterocycles. The maximum atomic E-state index is 12.8. The Hall–Kier alpha value is -2.06. The van der Waals surface area contributed by atoms with Crippen molar-refractivity contribution in [3.63, 3.8) is 0 Å². The first-order valence-electron chi connectivity index (χ1n) is 10.3. The van der Waals surface area contributed by atoms with E-state index in [2.05, 4.69) is 15.1 Å². The number of Topliss-reactive ketones (excluding diaryl/α,β-unsaturated/α-hetero) is 2. The number of nitrogens with one attached hydrogen (secondary N) is 1. The van der Waals surface area contributed by atoms with Gasteiger partial charge in [-0.2, -0.15) is 0 Å². The number of allylic oxidation sites excluding steroid dienone is 1. The Kier molecular flexibility index (Phi) is 7.18. The highest BCUT2D eigenvalue weighted by Crippen LogP contribution is 2.39. The molecular weight excluding hydrogens is 370 g/mol. The van der Waals surface area contributed by atoms with Gasteiger partial charge in [-0.05, 0) is 5.56 Å². The highest BCUT2D eigenvalue weighted by molar-refractivity contribution is 6.23. The molecular formula is C22H31N3O4. The fraction of sp³-hybridized carbons (Fsp3) is 0.545. The van der Waals surface area contributed by atoms with Gasteiger partial charge in [0.15, 0.2) is 11.6 Å². The first-order valence-corrected chi connectivity index (χ1v) is 10.3. The number of aliphatic hydroxyl groups excluding tert-OH is 1. The molecule has 1 heterocycles. The average molecular weight is 402 g/mol. The smallest absolute Gasteiger partial charge is 0.173 e. The van der Waals surface area contributed by atoms with Crippen molar-refractivity contribution in [3.8, 4) is 0 Å². The van der Waals surface area contributed by atoms with E-state index in [4.69, 9.17) is 5.11 Å². The molecule has 0 aromatic heterocycles. The van der Waals surface area contributed by atoms with Crippen LogP contribution < -0.4 is 5.32 Å². The Morgan fingerprint density at radius 1 is 1.10 bits per heavy atom. The van der Waals surface area contributed by atoms with Crippen LogP contribution in [-0.2, 0) is 15.2 Å². The van der Waals surface area contributed by atoms with Gasteiger partial charge in [0, 0.05) is 58.4 Å². The molecule has 2 atom stereocenters. The zero-order valence-electron chi connectivity index (χ0n) is 17.0. The lowest BCUT2D eigenvalue weighted by Gasteiger charge is -2.37. The van der Waals surface area contributed by atoms with Crippen LogP contribution in [0.2, 0.25) is 0 Å². The van der Waals surface area contributed by atoms with Crippen molar-refractivity contribution in [1.29, 1.82) is 0 Å². The van der Waals surface area contributed by atoms with Crippen LogP contribution in [0, 0.1) is 5.92 Å². The first-order chi connectivity index (χ1) is 14.0. The van der Waals surface area contributed by atoms with Gasteiger partial charge in [-0.3, -0.25) is 19.4 Å². The third-order valence-electron chi connectivity index (χ3n) is 6.08. The molecule has 0 bridgehead atoms. The number of carbonyl (C=O) groups excluding carboxylic acids is 2. The van der Waals surface area contributed by atoms with Crippen molar-refractivity contribution in [3.05, 3.63) is 47.7 Å². The molecule has 2 aliphatic rings. The number of nitrogens with zero attached hydrogens (tertiary/aromatic N) is 2. The lowest BCUT2D eigenvalue weighted by Crippen LogP contribution is -2.48.